The molecule has 0 spiro atoms. The zero-order chi connectivity index (χ0) is 21.4. The number of pyridine rings is 1. The molecule has 3 aliphatic rings. The van der Waals surface area contributed by atoms with Crippen LogP contribution < -0.4 is 15.0 Å². The average molecular weight is 414 g/mol. The molecule has 7 heteroatoms. The summed E-state index contributed by atoms with van der Waals surface area (Å²) in [5.74, 6) is 1.56. The third-order valence-electron chi connectivity index (χ3n) is 6.60. The molecule has 0 amide bonds. The molecule has 0 aromatic carbocycles. The second-order valence-corrected chi connectivity index (χ2v) is 11.1. The second kappa shape index (κ2) is 6.49. The predicted molar refractivity (Wildman–Crippen MR) is 116 cm³/mol. The van der Waals surface area contributed by atoms with E-state index in [1.807, 2.05) is 20.8 Å². The van der Waals surface area contributed by atoms with Crippen LogP contribution in [0, 0.1) is 5.82 Å². The van der Waals surface area contributed by atoms with E-state index in [4.69, 9.17) is 14.7 Å². The Kier molecular flexibility index (Phi) is 4.31. The van der Waals surface area contributed by atoms with Crippen molar-refractivity contribution in [1.29, 1.82) is 0 Å². The van der Waals surface area contributed by atoms with Crippen molar-refractivity contribution in [2.45, 2.75) is 89.8 Å². The van der Waals surface area contributed by atoms with E-state index >= 15 is 4.39 Å². The van der Waals surface area contributed by atoms with Gasteiger partial charge in [0, 0.05) is 41.9 Å². The molecule has 5 heterocycles. The molecule has 2 aromatic rings. The summed E-state index contributed by atoms with van der Waals surface area (Å²) in [6.07, 6.45) is 3.22. The number of rotatable bonds is 0. The molecule has 162 valence electrons. The molecule has 5 rings (SSSR count). The Morgan fingerprint density at radius 3 is 2.47 bits per heavy atom. The Bertz CT molecular complexity index is 1010. The van der Waals surface area contributed by atoms with Crippen LogP contribution >= 0.6 is 0 Å². The van der Waals surface area contributed by atoms with Crippen LogP contribution in [-0.2, 0) is 10.8 Å². The number of anilines is 1. The van der Waals surface area contributed by atoms with E-state index < -0.39 is 5.41 Å². The minimum absolute atomic E-state index is 0.285. The number of nitrogens with one attached hydrogen (secondary N) is 1. The first kappa shape index (κ1) is 19.9. The maximum absolute atomic E-state index is 15.8. The summed E-state index contributed by atoms with van der Waals surface area (Å²) >= 11 is 0. The minimum Gasteiger partial charge on any atom is -0.477 e. The molecule has 1 unspecified atom stereocenters. The van der Waals surface area contributed by atoms with Gasteiger partial charge in [-0.15, -0.1) is 0 Å². The van der Waals surface area contributed by atoms with Gasteiger partial charge in [-0.1, -0.05) is 41.5 Å². The lowest BCUT2D eigenvalue weighted by Crippen LogP contribution is -2.59. The van der Waals surface area contributed by atoms with Gasteiger partial charge >= 0.3 is 0 Å². The number of aromatic nitrogens is 3. The molecular formula is C23H32FN5O. The quantitative estimate of drug-likeness (QED) is 0.708. The van der Waals surface area contributed by atoms with Gasteiger partial charge in [0.2, 0.25) is 5.88 Å². The van der Waals surface area contributed by atoms with Crippen LogP contribution in [0.5, 0.6) is 5.88 Å². The SMILES string of the molecule is CC(C)(C)c1nc2c3c(nc(C(C)(C)C)c(F)c3n1)OCCC1[C@H]3CC[C@@H](CN21)N3. The van der Waals surface area contributed by atoms with Gasteiger partial charge in [-0.25, -0.2) is 19.3 Å². The van der Waals surface area contributed by atoms with Crippen molar-refractivity contribution >= 4 is 16.7 Å². The highest BCUT2D eigenvalue weighted by Crippen LogP contribution is 2.42. The lowest BCUT2D eigenvalue weighted by molar-refractivity contribution is 0.254. The van der Waals surface area contributed by atoms with E-state index in [1.165, 1.54) is 6.42 Å². The van der Waals surface area contributed by atoms with Crippen LogP contribution in [0.25, 0.3) is 10.9 Å². The van der Waals surface area contributed by atoms with Crippen LogP contribution in [0.3, 0.4) is 0 Å². The van der Waals surface area contributed by atoms with Gasteiger partial charge in [-0.05, 0) is 12.8 Å². The molecule has 2 aromatic heterocycles. The maximum atomic E-state index is 15.8. The first-order valence-corrected chi connectivity index (χ1v) is 11.1. The molecule has 0 aliphatic carbocycles. The molecule has 1 N–H and O–H groups in total. The number of nitrogens with zero attached hydrogens (tertiary/aromatic N) is 4. The van der Waals surface area contributed by atoms with Crippen LogP contribution in [0.15, 0.2) is 0 Å². The highest BCUT2D eigenvalue weighted by atomic mass is 19.1. The number of halogens is 1. The van der Waals surface area contributed by atoms with Crippen LogP contribution in [0.4, 0.5) is 10.2 Å². The highest BCUT2D eigenvalue weighted by molar-refractivity contribution is 5.95. The van der Waals surface area contributed by atoms with Crippen molar-refractivity contribution in [2.75, 3.05) is 18.1 Å². The third-order valence-corrected chi connectivity index (χ3v) is 6.60. The fourth-order valence-corrected chi connectivity index (χ4v) is 5.03. The van der Waals surface area contributed by atoms with Gasteiger partial charge in [0.05, 0.1) is 12.3 Å². The van der Waals surface area contributed by atoms with E-state index in [0.29, 0.717) is 47.0 Å². The summed E-state index contributed by atoms with van der Waals surface area (Å²) in [6.45, 7) is 13.6. The summed E-state index contributed by atoms with van der Waals surface area (Å²) in [5.41, 5.74) is -0.0170. The molecule has 3 aliphatic heterocycles. The number of hydrogen-bond acceptors (Lipinski definition) is 6. The van der Waals surface area contributed by atoms with Crippen molar-refractivity contribution in [3.05, 3.63) is 17.3 Å². The number of ether oxygens (including phenoxy) is 1. The van der Waals surface area contributed by atoms with E-state index in [9.17, 15) is 0 Å². The number of hydrogen-bond donors (Lipinski definition) is 1. The fourth-order valence-electron chi connectivity index (χ4n) is 5.03. The zero-order valence-corrected chi connectivity index (χ0v) is 18.8. The second-order valence-electron chi connectivity index (χ2n) is 11.1. The van der Waals surface area contributed by atoms with E-state index in [2.05, 4.69) is 36.0 Å². The largest absolute Gasteiger partial charge is 0.477 e. The van der Waals surface area contributed by atoms with Gasteiger partial charge in [0.25, 0.3) is 0 Å². The highest BCUT2D eigenvalue weighted by Gasteiger charge is 2.43. The molecule has 6 nitrogen and oxygen atoms in total. The van der Waals surface area contributed by atoms with Gasteiger partial charge in [0.1, 0.15) is 22.5 Å². The van der Waals surface area contributed by atoms with E-state index in [-0.39, 0.29) is 17.3 Å². The monoisotopic (exact) mass is 413 g/mol. The lowest BCUT2D eigenvalue weighted by atomic mass is 9.90. The first-order valence-electron chi connectivity index (χ1n) is 11.1. The summed E-state index contributed by atoms with van der Waals surface area (Å²) < 4.78 is 22.0. The van der Waals surface area contributed by atoms with Crippen molar-refractivity contribution in [3.63, 3.8) is 0 Å². The molecule has 2 fully saturated rings. The molecular weight excluding hydrogens is 381 g/mol. The normalized spacial score (nSPS) is 26.2. The lowest BCUT2D eigenvalue weighted by Gasteiger charge is -2.43. The summed E-state index contributed by atoms with van der Waals surface area (Å²) in [6, 6.07) is 1.15. The van der Waals surface area contributed by atoms with Crippen molar-refractivity contribution < 1.29 is 9.13 Å². The molecule has 2 saturated heterocycles. The standard InChI is InChI=1S/C23H32FN5O/c1-22(2,3)18-16(24)17-15-19(28-21(26-17)23(4,5)6)29-11-12-7-8-13(25-12)14(29)9-10-30-20(15)27-18/h12-14,25H,7-11H2,1-6H3/t12-,13+,14?/m0/s1. The van der Waals surface area contributed by atoms with Crippen molar-refractivity contribution in [1.82, 2.24) is 20.3 Å². The Morgan fingerprint density at radius 1 is 1.00 bits per heavy atom. The molecule has 3 atom stereocenters. The fraction of sp³-hybridized carbons (Fsp3) is 0.696. The van der Waals surface area contributed by atoms with Gasteiger partial charge in [-0.2, -0.15) is 0 Å². The van der Waals surface area contributed by atoms with Crippen LogP contribution in [0.1, 0.15) is 72.3 Å². The predicted octanol–water partition coefficient (Wildman–Crippen LogP) is 3.85. The summed E-state index contributed by atoms with van der Waals surface area (Å²) in [5, 5.41) is 4.37. The minimum atomic E-state index is -0.454. The van der Waals surface area contributed by atoms with Gasteiger partial charge in [0.15, 0.2) is 5.82 Å². The average Bonchev–Trinajstić information content (AvgIpc) is 3.03. The molecule has 0 saturated carbocycles. The maximum Gasteiger partial charge on any atom is 0.227 e. The third kappa shape index (κ3) is 3.04. The van der Waals surface area contributed by atoms with E-state index in [1.54, 1.807) is 0 Å². The van der Waals surface area contributed by atoms with Gasteiger partial charge in [-0.3, -0.25) is 0 Å². The Hall–Kier alpha value is -2.02. The van der Waals surface area contributed by atoms with E-state index in [0.717, 1.165) is 25.2 Å². The Labute approximate surface area is 177 Å². The van der Waals surface area contributed by atoms with Crippen LogP contribution in [0.2, 0.25) is 0 Å². The molecule has 30 heavy (non-hydrogen) atoms. The Balaban J connectivity index is 1.83. The smallest absolute Gasteiger partial charge is 0.227 e. The molecule has 2 bridgehead atoms. The first-order chi connectivity index (χ1) is 14.0. The summed E-state index contributed by atoms with van der Waals surface area (Å²) in [7, 11) is 0. The van der Waals surface area contributed by atoms with Crippen molar-refractivity contribution in [2.24, 2.45) is 0 Å². The molecule has 0 radical (unpaired) electrons. The topological polar surface area (TPSA) is 63.2 Å². The number of fused-ring (bicyclic) bond motifs is 5. The van der Waals surface area contributed by atoms with Crippen LogP contribution in [-0.4, -0.2) is 46.2 Å². The van der Waals surface area contributed by atoms with Crippen molar-refractivity contribution in [3.8, 4) is 5.88 Å². The zero-order valence-electron chi connectivity index (χ0n) is 18.8. The van der Waals surface area contributed by atoms with Gasteiger partial charge < -0.3 is 15.0 Å². The number of piperazine rings is 1. The Morgan fingerprint density at radius 2 is 1.77 bits per heavy atom. The summed E-state index contributed by atoms with van der Waals surface area (Å²) in [4.78, 5) is 16.8.